The molecule has 1 aromatic carbocycles. The van der Waals surface area contributed by atoms with Crippen LogP contribution in [0.25, 0.3) is 0 Å². The topological polar surface area (TPSA) is 46.3 Å². The molecule has 3 nitrogen and oxygen atoms in total. The van der Waals surface area contributed by atoms with Gasteiger partial charge in [0.15, 0.2) is 0 Å². The highest BCUT2D eigenvalue weighted by atomic mass is 35.5. The lowest BCUT2D eigenvalue weighted by Crippen LogP contribution is -2.55. The van der Waals surface area contributed by atoms with Crippen molar-refractivity contribution in [2.75, 3.05) is 13.1 Å². The summed E-state index contributed by atoms with van der Waals surface area (Å²) in [7, 11) is 0. The van der Waals surface area contributed by atoms with Crippen LogP contribution in [0.15, 0.2) is 30.3 Å². The number of benzene rings is 1. The summed E-state index contributed by atoms with van der Waals surface area (Å²) in [6, 6.07) is 10.4. The predicted octanol–water partition coefficient (Wildman–Crippen LogP) is 3.82. The number of piperidine rings is 1. The van der Waals surface area contributed by atoms with Gasteiger partial charge < -0.3 is 10.6 Å². The number of rotatable bonds is 4. The Bertz CT molecular complexity index is 503. The van der Waals surface area contributed by atoms with Crippen molar-refractivity contribution >= 4 is 18.3 Å². The smallest absolute Gasteiger partial charge is 0.230 e. The lowest BCUT2D eigenvalue weighted by Gasteiger charge is -2.44. The fraction of sp³-hybridized carbons (Fsp3) is 0.632. The largest absolute Gasteiger partial charge is 0.342 e. The van der Waals surface area contributed by atoms with Crippen LogP contribution in [0.2, 0.25) is 0 Å². The van der Waals surface area contributed by atoms with Crippen LogP contribution in [0.5, 0.6) is 0 Å². The van der Waals surface area contributed by atoms with Crippen LogP contribution in [-0.4, -0.2) is 29.9 Å². The quantitative estimate of drug-likeness (QED) is 0.907. The van der Waals surface area contributed by atoms with E-state index in [4.69, 9.17) is 5.73 Å². The van der Waals surface area contributed by atoms with Crippen LogP contribution < -0.4 is 5.73 Å². The second-order valence-electron chi connectivity index (χ2n) is 7.42. The molecule has 2 N–H and O–H groups in total. The molecule has 1 aromatic rings. The minimum absolute atomic E-state index is 0. The number of nitrogens with zero attached hydrogens (tertiary/aromatic N) is 1. The first-order valence-corrected chi connectivity index (χ1v) is 8.46. The average Bonchev–Trinajstić information content (AvgIpc) is 2.51. The molecule has 130 valence electrons. The summed E-state index contributed by atoms with van der Waals surface area (Å²) in [5.74, 6) is 0.561. The normalized spacial score (nSPS) is 22.8. The predicted molar refractivity (Wildman–Crippen MR) is 98.8 cm³/mol. The van der Waals surface area contributed by atoms with E-state index in [2.05, 4.69) is 39.8 Å². The standard InChI is InChI=1S/C19H30N2O.ClH/c1-5-14(2)17(15-9-7-6-8-10-15)18(22)21-12-11-16(20)19(3,4)13-21;/h6-10,14,16-17H,5,11-13,20H2,1-4H3;1H. The Labute approximate surface area is 147 Å². The maximum absolute atomic E-state index is 13.2. The Morgan fingerprint density at radius 2 is 1.96 bits per heavy atom. The molecule has 23 heavy (non-hydrogen) atoms. The van der Waals surface area contributed by atoms with Crippen LogP contribution in [0.3, 0.4) is 0 Å². The summed E-state index contributed by atoms with van der Waals surface area (Å²) in [4.78, 5) is 15.2. The van der Waals surface area contributed by atoms with E-state index in [9.17, 15) is 4.79 Å². The summed E-state index contributed by atoms with van der Waals surface area (Å²) in [6.07, 6.45) is 1.89. The second-order valence-corrected chi connectivity index (χ2v) is 7.42. The molecule has 2 rings (SSSR count). The van der Waals surface area contributed by atoms with Gasteiger partial charge in [0.25, 0.3) is 0 Å². The summed E-state index contributed by atoms with van der Waals surface area (Å²) in [5.41, 5.74) is 7.33. The Morgan fingerprint density at radius 3 is 2.48 bits per heavy atom. The van der Waals surface area contributed by atoms with Gasteiger partial charge >= 0.3 is 0 Å². The Hall–Kier alpha value is -1.06. The number of nitrogens with two attached hydrogens (primary N) is 1. The van der Waals surface area contributed by atoms with Gasteiger partial charge in [-0.2, -0.15) is 0 Å². The van der Waals surface area contributed by atoms with E-state index in [0.29, 0.717) is 5.92 Å². The molecule has 0 radical (unpaired) electrons. The van der Waals surface area contributed by atoms with E-state index in [-0.39, 0.29) is 35.7 Å². The van der Waals surface area contributed by atoms with E-state index in [1.165, 1.54) is 0 Å². The molecule has 1 saturated heterocycles. The van der Waals surface area contributed by atoms with Gasteiger partial charge in [-0.15, -0.1) is 12.4 Å². The Kier molecular flexibility index (Phi) is 7.09. The number of carbonyl (C=O) groups excluding carboxylic acids is 1. The van der Waals surface area contributed by atoms with Gasteiger partial charge in [-0.05, 0) is 23.3 Å². The van der Waals surface area contributed by atoms with Gasteiger partial charge in [-0.3, -0.25) is 4.79 Å². The first-order valence-electron chi connectivity index (χ1n) is 8.46. The fourth-order valence-corrected chi connectivity index (χ4v) is 3.37. The molecule has 3 atom stereocenters. The third-order valence-electron chi connectivity index (χ3n) is 5.26. The van der Waals surface area contributed by atoms with E-state index in [0.717, 1.165) is 31.5 Å². The van der Waals surface area contributed by atoms with E-state index in [1.54, 1.807) is 0 Å². The van der Waals surface area contributed by atoms with Gasteiger partial charge in [-0.25, -0.2) is 0 Å². The van der Waals surface area contributed by atoms with Gasteiger partial charge in [-0.1, -0.05) is 64.4 Å². The SMILES string of the molecule is CCC(C)C(C(=O)N1CCC(N)C(C)(C)C1)c1ccccc1.Cl. The summed E-state index contributed by atoms with van der Waals surface area (Å²) in [5, 5.41) is 0. The maximum atomic E-state index is 13.2. The first kappa shape index (κ1) is 20.0. The molecule has 0 aromatic heterocycles. The number of amides is 1. The molecule has 1 aliphatic heterocycles. The van der Waals surface area contributed by atoms with Crippen molar-refractivity contribution in [2.24, 2.45) is 17.1 Å². The monoisotopic (exact) mass is 338 g/mol. The molecular weight excluding hydrogens is 308 g/mol. The van der Waals surface area contributed by atoms with Crippen LogP contribution in [0.1, 0.15) is 52.0 Å². The molecule has 0 bridgehead atoms. The molecule has 1 fully saturated rings. The van der Waals surface area contributed by atoms with Crippen LogP contribution in [0.4, 0.5) is 0 Å². The highest BCUT2D eigenvalue weighted by molar-refractivity contribution is 5.85. The molecule has 1 aliphatic rings. The maximum Gasteiger partial charge on any atom is 0.230 e. The van der Waals surface area contributed by atoms with E-state index >= 15 is 0 Å². The third-order valence-corrected chi connectivity index (χ3v) is 5.26. The van der Waals surface area contributed by atoms with E-state index in [1.807, 2.05) is 23.1 Å². The highest BCUT2D eigenvalue weighted by Crippen LogP contribution is 2.33. The molecule has 3 unspecified atom stereocenters. The lowest BCUT2D eigenvalue weighted by molar-refractivity contribution is -0.137. The van der Waals surface area contributed by atoms with Gasteiger partial charge in [0, 0.05) is 19.1 Å². The van der Waals surface area contributed by atoms with Gasteiger partial charge in [0.2, 0.25) is 5.91 Å². The minimum Gasteiger partial charge on any atom is -0.342 e. The lowest BCUT2D eigenvalue weighted by atomic mass is 9.78. The molecule has 4 heteroatoms. The Morgan fingerprint density at radius 1 is 1.35 bits per heavy atom. The number of likely N-dealkylation sites (tertiary alicyclic amines) is 1. The molecule has 1 heterocycles. The van der Waals surface area contributed by atoms with Crippen LogP contribution in [0, 0.1) is 11.3 Å². The van der Waals surface area contributed by atoms with Crippen LogP contribution in [-0.2, 0) is 4.79 Å². The zero-order chi connectivity index (χ0) is 16.3. The van der Waals surface area contributed by atoms with Crippen molar-refractivity contribution in [2.45, 2.75) is 52.5 Å². The Balaban J connectivity index is 0.00000264. The molecule has 0 saturated carbocycles. The number of hydrogen-bond donors (Lipinski definition) is 1. The van der Waals surface area contributed by atoms with Gasteiger partial charge in [0.1, 0.15) is 0 Å². The number of carbonyl (C=O) groups is 1. The molecular formula is C19H31ClN2O. The van der Waals surface area contributed by atoms with Crippen molar-refractivity contribution in [3.05, 3.63) is 35.9 Å². The molecule has 0 aliphatic carbocycles. The summed E-state index contributed by atoms with van der Waals surface area (Å²) < 4.78 is 0. The van der Waals surface area contributed by atoms with Crippen molar-refractivity contribution in [3.63, 3.8) is 0 Å². The number of halogens is 1. The zero-order valence-corrected chi connectivity index (χ0v) is 15.6. The van der Waals surface area contributed by atoms with E-state index < -0.39 is 0 Å². The van der Waals surface area contributed by atoms with Gasteiger partial charge in [0.05, 0.1) is 5.92 Å². The second kappa shape index (κ2) is 8.16. The summed E-state index contributed by atoms with van der Waals surface area (Å²) >= 11 is 0. The zero-order valence-electron chi connectivity index (χ0n) is 14.8. The fourth-order valence-electron chi connectivity index (χ4n) is 3.37. The number of hydrogen-bond acceptors (Lipinski definition) is 2. The first-order chi connectivity index (χ1) is 10.4. The average molecular weight is 339 g/mol. The van der Waals surface area contributed by atoms with Crippen LogP contribution >= 0.6 is 12.4 Å². The van der Waals surface area contributed by atoms with Crippen molar-refractivity contribution in [1.29, 1.82) is 0 Å². The van der Waals surface area contributed by atoms with Crippen molar-refractivity contribution in [3.8, 4) is 0 Å². The molecule has 0 spiro atoms. The highest BCUT2D eigenvalue weighted by Gasteiger charge is 2.38. The van der Waals surface area contributed by atoms with Crippen molar-refractivity contribution in [1.82, 2.24) is 4.90 Å². The summed E-state index contributed by atoms with van der Waals surface area (Å²) in [6.45, 7) is 10.2. The van der Waals surface area contributed by atoms with Crippen molar-refractivity contribution < 1.29 is 4.79 Å². The minimum atomic E-state index is -0.0451. The third kappa shape index (κ3) is 4.48. The molecule has 1 amide bonds.